The van der Waals surface area contributed by atoms with Crippen molar-refractivity contribution < 1.29 is 4.79 Å². The molecule has 0 saturated carbocycles. The number of anilines is 1. The highest BCUT2D eigenvalue weighted by molar-refractivity contribution is 7.99. The van der Waals surface area contributed by atoms with Crippen LogP contribution in [-0.2, 0) is 11.3 Å². The minimum Gasteiger partial charge on any atom is -0.356 e. The van der Waals surface area contributed by atoms with Crippen LogP contribution in [0.1, 0.15) is 24.8 Å². The molecule has 1 aromatic heterocycles. The second-order valence-electron chi connectivity index (χ2n) is 5.92. The molecule has 25 heavy (non-hydrogen) atoms. The van der Waals surface area contributed by atoms with Crippen molar-refractivity contribution in [2.45, 2.75) is 30.8 Å². The van der Waals surface area contributed by atoms with Crippen LogP contribution in [0.4, 0.5) is 5.82 Å². The molecule has 2 aromatic rings. The maximum absolute atomic E-state index is 12.1. The Morgan fingerprint density at radius 3 is 2.80 bits per heavy atom. The molecule has 0 bridgehead atoms. The minimum atomic E-state index is -0.0388. The number of piperidine rings is 1. The first-order valence-corrected chi connectivity index (χ1v) is 9.78. The fourth-order valence-corrected chi connectivity index (χ4v) is 3.62. The van der Waals surface area contributed by atoms with Crippen LogP contribution in [0.2, 0.25) is 5.02 Å². The fraction of sp³-hybridized carbons (Fsp3) is 0.389. The second-order valence-corrected chi connectivity index (χ2v) is 7.32. The molecule has 2 heterocycles. The normalized spacial score (nSPS) is 14.4. The van der Waals surface area contributed by atoms with Gasteiger partial charge in [-0.15, -0.1) is 0 Å². The van der Waals surface area contributed by atoms with Crippen LogP contribution in [-0.4, -0.2) is 34.7 Å². The molecule has 0 unspecified atom stereocenters. The van der Waals surface area contributed by atoms with Crippen LogP contribution in [0.3, 0.4) is 0 Å². The monoisotopic (exact) mass is 376 g/mol. The van der Waals surface area contributed by atoms with Gasteiger partial charge in [-0.05, 0) is 30.9 Å². The first-order valence-electron chi connectivity index (χ1n) is 8.42. The lowest BCUT2D eigenvalue weighted by Crippen LogP contribution is -2.30. The maximum atomic E-state index is 12.1. The van der Waals surface area contributed by atoms with Crippen LogP contribution in [0.15, 0.2) is 41.7 Å². The molecule has 3 rings (SSSR count). The van der Waals surface area contributed by atoms with Gasteiger partial charge >= 0.3 is 0 Å². The number of aromatic nitrogens is 2. The van der Waals surface area contributed by atoms with Crippen molar-refractivity contribution >= 4 is 35.1 Å². The topological polar surface area (TPSA) is 58.1 Å². The number of hydrogen-bond acceptors (Lipinski definition) is 5. The summed E-state index contributed by atoms with van der Waals surface area (Å²) in [6, 6.07) is 9.48. The summed E-state index contributed by atoms with van der Waals surface area (Å²) in [5.74, 6) is 1.23. The third kappa shape index (κ3) is 5.34. The number of benzene rings is 1. The predicted molar refractivity (Wildman–Crippen MR) is 102 cm³/mol. The van der Waals surface area contributed by atoms with E-state index in [4.69, 9.17) is 11.6 Å². The molecule has 132 valence electrons. The summed E-state index contributed by atoms with van der Waals surface area (Å²) >= 11 is 7.52. The Balaban J connectivity index is 1.49. The van der Waals surface area contributed by atoms with Crippen LogP contribution in [0, 0.1) is 0 Å². The number of thioether (sulfide) groups is 1. The summed E-state index contributed by atoms with van der Waals surface area (Å²) in [5.41, 5.74) is 0.914. The predicted octanol–water partition coefficient (Wildman–Crippen LogP) is 3.53. The van der Waals surface area contributed by atoms with Crippen molar-refractivity contribution in [3.63, 3.8) is 0 Å². The maximum Gasteiger partial charge on any atom is 0.230 e. The molecular formula is C18H21ClN4OS. The Kier molecular flexibility index (Phi) is 6.53. The van der Waals surface area contributed by atoms with Gasteiger partial charge in [0.15, 0.2) is 0 Å². The highest BCUT2D eigenvalue weighted by Gasteiger charge is 2.13. The number of nitrogens with zero attached hydrogens (tertiary/aromatic N) is 3. The average Bonchev–Trinajstić information content (AvgIpc) is 2.67. The number of rotatable bonds is 6. The summed E-state index contributed by atoms with van der Waals surface area (Å²) < 4.78 is 0. The molecule has 1 amide bonds. The van der Waals surface area contributed by atoms with Crippen molar-refractivity contribution in [3.8, 4) is 0 Å². The van der Waals surface area contributed by atoms with Gasteiger partial charge in [0.05, 0.1) is 5.75 Å². The lowest BCUT2D eigenvalue weighted by Gasteiger charge is -2.27. The summed E-state index contributed by atoms with van der Waals surface area (Å²) in [4.78, 5) is 23.0. The molecule has 1 aromatic carbocycles. The van der Waals surface area contributed by atoms with E-state index in [0.29, 0.717) is 17.3 Å². The Hall–Kier alpha value is -1.79. The molecule has 5 nitrogen and oxygen atoms in total. The molecule has 0 aliphatic carbocycles. The number of hydrogen-bond donors (Lipinski definition) is 1. The van der Waals surface area contributed by atoms with E-state index in [9.17, 15) is 4.79 Å². The van der Waals surface area contributed by atoms with Gasteiger partial charge < -0.3 is 10.2 Å². The van der Waals surface area contributed by atoms with Crippen LogP contribution in [0.5, 0.6) is 0 Å². The lowest BCUT2D eigenvalue weighted by atomic mass is 10.1. The zero-order chi connectivity index (χ0) is 17.5. The van der Waals surface area contributed by atoms with Gasteiger partial charge in [-0.25, -0.2) is 9.97 Å². The summed E-state index contributed by atoms with van der Waals surface area (Å²) in [6.45, 7) is 2.51. The van der Waals surface area contributed by atoms with Crippen molar-refractivity contribution in [2.24, 2.45) is 0 Å². The third-order valence-corrected chi connectivity index (χ3v) is 5.39. The number of carbonyl (C=O) groups excluding carboxylic acids is 1. The zero-order valence-corrected chi connectivity index (χ0v) is 15.5. The van der Waals surface area contributed by atoms with E-state index >= 15 is 0 Å². The first-order chi connectivity index (χ1) is 12.2. The van der Waals surface area contributed by atoms with Crippen molar-refractivity contribution in [3.05, 3.63) is 47.2 Å². The van der Waals surface area contributed by atoms with E-state index < -0.39 is 0 Å². The number of carbonyl (C=O) groups is 1. The largest absolute Gasteiger partial charge is 0.356 e. The number of nitrogens with one attached hydrogen (secondary N) is 1. The van der Waals surface area contributed by atoms with Gasteiger partial charge in [0.2, 0.25) is 5.91 Å². The van der Waals surface area contributed by atoms with Gasteiger partial charge in [0.1, 0.15) is 17.2 Å². The zero-order valence-electron chi connectivity index (χ0n) is 13.9. The van der Waals surface area contributed by atoms with Crippen molar-refractivity contribution in [1.82, 2.24) is 15.3 Å². The van der Waals surface area contributed by atoms with Crippen molar-refractivity contribution in [2.75, 3.05) is 23.7 Å². The summed E-state index contributed by atoms with van der Waals surface area (Å²) in [5, 5.41) is 4.38. The molecule has 1 saturated heterocycles. The highest BCUT2D eigenvalue weighted by Crippen LogP contribution is 2.22. The number of halogens is 1. The highest BCUT2D eigenvalue weighted by atomic mass is 35.5. The van der Waals surface area contributed by atoms with E-state index in [1.807, 2.05) is 30.3 Å². The molecular weight excluding hydrogens is 356 g/mol. The van der Waals surface area contributed by atoms with Gasteiger partial charge in [-0.3, -0.25) is 4.79 Å². The molecule has 1 aliphatic heterocycles. The third-order valence-electron chi connectivity index (χ3n) is 4.09. The van der Waals surface area contributed by atoms with Crippen LogP contribution >= 0.6 is 23.4 Å². The Morgan fingerprint density at radius 1 is 1.20 bits per heavy atom. The minimum absolute atomic E-state index is 0.0388. The van der Waals surface area contributed by atoms with E-state index in [1.165, 1.54) is 31.0 Å². The molecule has 0 spiro atoms. The molecule has 7 heteroatoms. The van der Waals surface area contributed by atoms with Gasteiger partial charge in [0.25, 0.3) is 0 Å². The summed E-state index contributed by atoms with van der Waals surface area (Å²) in [7, 11) is 0. The van der Waals surface area contributed by atoms with E-state index in [0.717, 1.165) is 29.5 Å². The Labute approximate surface area is 157 Å². The van der Waals surface area contributed by atoms with Gasteiger partial charge in [0, 0.05) is 30.7 Å². The van der Waals surface area contributed by atoms with Gasteiger partial charge in [-0.1, -0.05) is 41.6 Å². The quantitative estimate of drug-likeness (QED) is 0.617. The molecule has 0 radical (unpaired) electrons. The van der Waals surface area contributed by atoms with E-state index in [1.54, 1.807) is 6.33 Å². The Bertz CT molecular complexity index is 722. The average molecular weight is 377 g/mol. The number of amides is 1. The van der Waals surface area contributed by atoms with Crippen LogP contribution < -0.4 is 10.2 Å². The molecule has 1 aliphatic rings. The molecule has 1 N–H and O–H groups in total. The Morgan fingerprint density at radius 2 is 2.00 bits per heavy atom. The van der Waals surface area contributed by atoms with E-state index in [-0.39, 0.29) is 5.91 Å². The molecule has 1 fully saturated rings. The smallest absolute Gasteiger partial charge is 0.230 e. The van der Waals surface area contributed by atoms with E-state index in [2.05, 4.69) is 20.2 Å². The first kappa shape index (κ1) is 18.0. The van der Waals surface area contributed by atoms with Crippen molar-refractivity contribution in [1.29, 1.82) is 0 Å². The van der Waals surface area contributed by atoms with Gasteiger partial charge in [-0.2, -0.15) is 0 Å². The summed E-state index contributed by atoms with van der Waals surface area (Å²) in [6.07, 6.45) is 5.27. The lowest BCUT2D eigenvalue weighted by molar-refractivity contribution is -0.118. The standard InChI is InChI=1S/C18H21ClN4OS/c19-15-7-3-2-6-14(15)11-20-17(24)12-25-18-10-16(21-13-22-18)23-8-4-1-5-9-23/h2-3,6-7,10,13H,1,4-5,8-9,11-12H2,(H,20,24). The van der Waals surface area contributed by atoms with Crippen LogP contribution in [0.25, 0.3) is 0 Å². The fourth-order valence-electron chi connectivity index (χ4n) is 2.73. The SMILES string of the molecule is O=C(CSc1cc(N2CCCCC2)ncn1)NCc1ccccc1Cl. The molecule has 0 atom stereocenters. The second kappa shape index (κ2) is 9.06.